The number of ether oxygens (including phenoxy) is 2. The topological polar surface area (TPSA) is 89.1 Å². The summed E-state index contributed by atoms with van der Waals surface area (Å²) in [4.78, 5) is 24.5. The van der Waals surface area contributed by atoms with E-state index in [0.717, 1.165) is 16.6 Å². The lowest BCUT2D eigenvalue weighted by molar-refractivity contribution is -0.113. The Kier molecular flexibility index (Phi) is 6.12. The number of fused-ring (bicyclic) bond motifs is 1. The first-order valence-electron chi connectivity index (χ1n) is 8.81. The number of rotatable bonds is 7. The number of hydrogen-bond donors (Lipinski definition) is 2. The van der Waals surface area contributed by atoms with E-state index in [-0.39, 0.29) is 11.7 Å². The lowest BCUT2D eigenvalue weighted by atomic mass is 10.1. The van der Waals surface area contributed by atoms with Crippen molar-refractivity contribution in [2.45, 2.75) is 5.16 Å². The monoisotopic (exact) mass is 460 g/mol. The van der Waals surface area contributed by atoms with Crippen molar-refractivity contribution in [1.29, 1.82) is 0 Å². The summed E-state index contributed by atoms with van der Waals surface area (Å²) in [6.45, 7) is 0. The molecule has 0 fully saturated rings. The molecule has 4 aromatic rings. The van der Waals surface area contributed by atoms with Crippen LogP contribution in [0.25, 0.3) is 22.3 Å². The van der Waals surface area contributed by atoms with Gasteiger partial charge in [-0.25, -0.2) is 9.97 Å². The van der Waals surface area contributed by atoms with Crippen molar-refractivity contribution in [2.75, 3.05) is 25.3 Å². The lowest BCUT2D eigenvalue weighted by Crippen LogP contribution is -2.13. The van der Waals surface area contributed by atoms with Gasteiger partial charge in [0.2, 0.25) is 5.91 Å². The van der Waals surface area contributed by atoms with Crippen LogP contribution in [0, 0.1) is 0 Å². The first kappa shape index (κ1) is 20.5. The molecule has 0 aliphatic carbocycles. The lowest BCUT2D eigenvalue weighted by Gasteiger charge is -2.08. The van der Waals surface area contributed by atoms with Crippen LogP contribution in [-0.4, -0.2) is 40.8 Å². The number of thioether (sulfide) groups is 1. The molecule has 0 aliphatic heterocycles. The molecule has 0 unspecified atom stereocenters. The standard InChI is InChI=1S/C20H17ClN4O3S2/c1-27-12-4-6-17(28-2)13(8-12)16-9-29-20(24-16)25-18(26)10-30-19-22-14-5-3-11(21)7-15(14)23-19/h3-9H,10H2,1-2H3,(H,22,23)(H,24,25,26). The number of imidazole rings is 1. The van der Waals surface area contributed by atoms with Crippen LogP contribution >= 0.6 is 34.7 Å². The Morgan fingerprint density at radius 3 is 2.87 bits per heavy atom. The molecule has 1 amide bonds. The van der Waals surface area contributed by atoms with Crippen molar-refractivity contribution in [1.82, 2.24) is 15.0 Å². The Morgan fingerprint density at radius 2 is 2.07 bits per heavy atom. The summed E-state index contributed by atoms with van der Waals surface area (Å²) >= 11 is 8.65. The normalized spacial score (nSPS) is 10.9. The number of aromatic amines is 1. The molecule has 2 aromatic heterocycles. The second-order valence-electron chi connectivity index (χ2n) is 6.14. The van der Waals surface area contributed by atoms with Gasteiger partial charge in [0.1, 0.15) is 11.5 Å². The Morgan fingerprint density at radius 1 is 1.20 bits per heavy atom. The van der Waals surface area contributed by atoms with Crippen LogP contribution in [0.3, 0.4) is 0 Å². The van der Waals surface area contributed by atoms with Crippen LogP contribution in [0.5, 0.6) is 11.5 Å². The Balaban J connectivity index is 1.41. The van der Waals surface area contributed by atoms with Crippen LogP contribution in [0.1, 0.15) is 0 Å². The second-order valence-corrected chi connectivity index (χ2v) is 8.40. The first-order valence-corrected chi connectivity index (χ1v) is 11.1. The number of hydrogen-bond acceptors (Lipinski definition) is 7. The van der Waals surface area contributed by atoms with Crippen LogP contribution in [0.15, 0.2) is 46.9 Å². The Labute approximate surface area is 185 Å². The van der Waals surface area contributed by atoms with Gasteiger partial charge in [-0.3, -0.25) is 4.79 Å². The van der Waals surface area contributed by atoms with E-state index in [1.807, 2.05) is 29.6 Å². The van der Waals surface area contributed by atoms with E-state index in [4.69, 9.17) is 21.1 Å². The number of carbonyl (C=O) groups excluding carboxylic acids is 1. The summed E-state index contributed by atoms with van der Waals surface area (Å²) in [5.41, 5.74) is 3.14. The fourth-order valence-electron chi connectivity index (χ4n) is 2.79. The van der Waals surface area contributed by atoms with Crippen LogP contribution in [0.4, 0.5) is 5.13 Å². The van der Waals surface area contributed by atoms with E-state index in [9.17, 15) is 4.79 Å². The molecule has 0 aliphatic rings. The fourth-order valence-corrected chi connectivity index (χ4v) is 4.37. The third kappa shape index (κ3) is 4.53. The van der Waals surface area contributed by atoms with Crippen molar-refractivity contribution in [3.05, 3.63) is 46.8 Å². The molecular formula is C20H17ClN4O3S2. The smallest absolute Gasteiger partial charge is 0.236 e. The maximum absolute atomic E-state index is 12.4. The molecule has 0 bridgehead atoms. The zero-order chi connectivity index (χ0) is 21.1. The summed E-state index contributed by atoms with van der Waals surface area (Å²) in [5.74, 6) is 1.41. The van der Waals surface area contributed by atoms with Crippen LogP contribution in [0.2, 0.25) is 5.02 Å². The molecule has 4 rings (SSSR count). The minimum Gasteiger partial charge on any atom is -0.497 e. The SMILES string of the molecule is COc1ccc(OC)c(-c2csc(NC(=O)CSc3nc4ccc(Cl)cc4[nH]3)n2)c1. The molecule has 2 heterocycles. The number of anilines is 1. The molecule has 2 N–H and O–H groups in total. The van der Waals surface area contributed by atoms with Gasteiger partial charge in [0, 0.05) is 16.0 Å². The fraction of sp³-hybridized carbons (Fsp3) is 0.150. The van der Waals surface area contributed by atoms with E-state index in [0.29, 0.717) is 32.5 Å². The molecule has 154 valence electrons. The van der Waals surface area contributed by atoms with Gasteiger partial charge in [-0.1, -0.05) is 23.4 Å². The summed E-state index contributed by atoms with van der Waals surface area (Å²) in [6, 6.07) is 10.9. The van der Waals surface area contributed by atoms with Crippen molar-refractivity contribution < 1.29 is 14.3 Å². The molecule has 30 heavy (non-hydrogen) atoms. The predicted octanol–water partition coefficient (Wildman–Crippen LogP) is 5.09. The molecule has 0 radical (unpaired) electrons. The number of methoxy groups -OCH3 is 2. The highest BCUT2D eigenvalue weighted by molar-refractivity contribution is 7.99. The summed E-state index contributed by atoms with van der Waals surface area (Å²) in [5, 5.41) is 6.49. The number of amides is 1. The van der Waals surface area contributed by atoms with E-state index < -0.39 is 0 Å². The molecule has 0 saturated heterocycles. The van der Waals surface area contributed by atoms with Gasteiger partial charge < -0.3 is 19.8 Å². The number of H-pyrrole nitrogens is 1. The van der Waals surface area contributed by atoms with Gasteiger partial charge in [0.15, 0.2) is 10.3 Å². The number of aromatic nitrogens is 3. The van der Waals surface area contributed by atoms with Crippen molar-refractivity contribution in [3.63, 3.8) is 0 Å². The molecule has 0 atom stereocenters. The summed E-state index contributed by atoms with van der Waals surface area (Å²) < 4.78 is 10.7. The average Bonchev–Trinajstić information content (AvgIpc) is 3.38. The number of benzene rings is 2. The minimum atomic E-state index is -0.169. The number of nitrogens with zero attached hydrogens (tertiary/aromatic N) is 2. The van der Waals surface area contributed by atoms with E-state index in [2.05, 4.69) is 20.3 Å². The second kappa shape index (κ2) is 8.95. The van der Waals surface area contributed by atoms with E-state index in [1.165, 1.54) is 23.1 Å². The number of carbonyl (C=O) groups is 1. The van der Waals surface area contributed by atoms with Gasteiger partial charge in [-0.15, -0.1) is 11.3 Å². The molecule has 0 spiro atoms. The minimum absolute atomic E-state index is 0.169. The summed E-state index contributed by atoms with van der Waals surface area (Å²) in [7, 11) is 3.20. The van der Waals surface area contributed by atoms with Gasteiger partial charge in [-0.2, -0.15) is 0 Å². The highest BCUT2D eigenvalue weighted by Crippen LogP contribution is 2.35. The zero-order valence-electron chi connectivity index (χ0n) is 16.1. The first-order chi connectivity index (χ1) is 14.6. The average molecular weight is 461 g/mol. The molecule has 7 nitrogen and oxygen atoms in total. The highest BCUT2D eigenvalue weighted by atomic mass is 35.5. The Hall–Kier alpha value is -2.75. The largest absolute Gasteiger partial charge is 0.497 e. The van der Waals surface area contributed by atoms with Gasteiger partial charge >= 0.3 is 0 Å². The summed E-state index contributed by atoms with van der Waals surface area (Å²) in [6.07, 6.45) is 0. The predicted molar refractivity (Wildman–Crippen MR) is 121 cm³/mol. The number of halogens is 1. The third-order valence-corrected chi connectivity index (χ3v) is 6.06. The van der Waals surface area contributed by atoms with Gasteiger partial charge in [-0.05, 0) is 36.4 Å². The van der Waals surface area contributed by atoms with E-state index in [1.54, 1.807) is 26.4 Å². The zero-order valence-corrected chi connectivity index (χ0v) is 18.5. The third-order valence-electron chi connectivity index (χ3n) is 4.20. The number of nitrogens with one attached hydrogen (secondary N) is 2. The van der Waals surface area contributed by atoms with E-state index >= 15 is 0 Å². The highest BCUT2D eigenvalue weighted by Gasteiger charge is 2.14. The maximum atomic E-state index is 12.4. The van der Waals surface area contributed by atoms with Crippen LogP contribution < -0.4 is 14.8 Å². The molecule has 10 heteroatoms. The molecule has 0 saturated carbocycles. The number of thiazole rings is 1. The van der Waals surface area contributed by atoms with Crippen molar-refractivity contribution in [3.8, 4) is 22.8 Å². The molecular weight excluding hydrogens is 444 g/mol. The van der Waals surface area contributed by atoms with Gasteiger partial charge in [0.25, 0.3) is 0 Å². The Bertz CT molecular complexity index is 1210. The maximum Gasteiger partial charge on any atom is 0.236 e. The van der Waals surface area contributed by atoms with Gasteiger partial charge in [0.05, 0.1) is 36.7 Å². The van der Waals surface area contributed by atoms with Crippen LogP contribution in [-0.2, 0) is 4.79 Å². The quantitative estimate of drug-likeness (QED) is 0.373. The van der Waals surface area contributed by atoms with Crippen molar-refractivity contribution >= 4 is 56.8 Å². The molecule has 2 aromatic carbocycles. The van der Waals surface area contributed by atoms with Crippen molar-refractivity contribution in [2.24, 2.45) is 0 Å².